The first-order valence-corrected chi connectivity index (χ1v) is 7.20. The monoisotopic (exact) mass is 224 g/mol. The van der Waals surface area contributed by atoms with E-state index in [4.69, 9.17) is 0 Å². The molecule has 1 nitrogen and oxygen atoms in total. The van der Waals surface area contributed by atoms with Crippen molar-refractivity contribution in [3.8, 4) is 0 Å². The molecule has 0 bridgehead atoms. The molecule has 0 N–H and O–H groups in total. The van der Waals surface area contributed by atoms with Gasteiger partial charge in [-0.25, -0.2) is 0 Å². The van der Waals surface area contributed by atoms with Gasteiger partial charge in [0.2, 0.25) is 0 Å². The molecule has 0 spiro atoms. The topological polar surface area (TPSA) is 17.1 Å². The van der Waals surface area contributed by atoms with Crippen LogP contribution in [0, 0.1) is 17.8 Å². The highest BCUT2D eigenvalue weighted by Crippen LogP contribution is 2.32. The minimum atomic E-state index is 0.394. The maximum absolute atomic E-state index is 11.9. The third-order valence-corrected chi connectivity index (χ3v) is 4.19. The van der Waals surface area contributed by atoms with E-state index in [1.54, 1.807) is 0 Å². The Balaban J connectivity index is 2.39. The number of Topliss-reactive ketones (excluding diaryl/α,β-unsaturated/α-hetero) is 1. The van der Waals surface area contributed by atoms with Crippen molar-refractivity contribution in [2.24, 2.45) is 17.8 Å². The van der Waals surface area contributed by atoms with Crippen LogP contribution in [0.2, 0.25) is 0 Å². The molecule has 3 atom stereocenters. The van der Waals surface area contributed by atoms with Crippen LogP contribution < -0.4 is 0 Å². The van der Waals surface area contributed by atoms with Crippen LogP contribution in [0.4, 0.5) is 0 Å². The molecule has 0 radical (unpaired) electrons. The van der Waals surface area contributed by atoms with Crippen LogP contribution >= 0.6 is 0 Å². The van der Waals surface area contributed by atoms with Gasteiger partial charge in [-0.15, -0.1) is 0 Å². The zero-order valence-corrected chi connectivity index (χ0v) is 11.3. The Morgan fingerprint density at radius 3 is 2.75 bits per heavy atom. The minimum Gasteiger partial charge on any atom is -0.299 e. The molecule has 0 saturated heterocycles. The van der Waals surface area contributed by atoms with E-state index in [0.717, 1.165) is 31.1 Å². The number of hydrogen-bond acceptors (Lipinski definition) is 1. The highest BCUT2D eigenvalue weighted by molar-refractivity contribution is 5.81. The molecule has 0 heterocycles. The molecular formula is C15H28O. The Bertz CT molecular complexity index is 209. The van der Waals surface area contributed by atoms with E-state index in [2.05, 4.69) is 20.8 Å². The largest absolute Gasteiger partial charge is 0.299 e. The lowest BCUT2D eigenvalue weighted by Gasteiger charge is -2.28. The van der Waals surface area contributed by atoms with Crippen LogP contribution in [-0.4, -0.2) is 5.78 Å². The Morgan fingerprint density at radius 1 is 1.38 bits per heavy atom. The van der Waals surface area contributed by atoms with E-state index in [0.29, 0.717) is 11.7 Å². The van der Waals surface area contributed by atoms with Gasteiger partial charge in [0.1, 0.15) is 5.78 Å². The molecule has 0 aromatic carbocycles. The fourth-order valence-electron chi connectivity index (χ4n) is 2.94. The molecule has 0 aliphatic heterocycles. The summed E-state index contributed by atoms with van der Waals surface area (Å²) in [7, 11) is 0. The van der Waals surface area contributed by atoms with Crippen molar-refractivity contribution < 1.29 is 4.79 Å². The zero-order chi connectivity index (χ0) is 12.0. The first kappa shape index (κ1) is 13.7. The fourth-order valence-corrected chi connectivity index (χ4v) is 2.94. The van der Waals surface area contributed by atoms with Gasteiger partial charge in [-0.2, -0.15) is 0 Å². The lowest BCUT2D eigenvalue weighted by Crippen LogP contribution is -2.25. The molecular weight excluding hydrogens is 196 g/mol. The summed E-state index contributed by atoms with van der Waals surface area (Å²) in [5.74, 6) is 2.50. The molecule has 1 heteroatoms. The summed E-state index contributed by atoms with van der Waals surface area (Å²) in [6, 6.07) is 0. The van der Waals surface area contributed by atoms with Gasteiger partial charge in [-0.05, 0) is 31.1 Å². The van der Waals surface area contributed by atoms with Gasteiger partial charge in [-0.1, -0.05) is 46.5 Å². The molecule has 1 fully saturated rings. The highest BCUT2D eigenvalue weighted by Gasteiger charge is 2.27. The Kier molecular flexibility index (Phi) is 6.08. The van der Waals surface area contributed by atoms with Crippen molar-refractivity contribution in [2.75, 3.05) is 0 Å². The third kappa shape index (κ3) is 4.27. The number of ketones is 1. The van der Waals surface area contributed by atoms with E-state index in [-0.39, 0.29) is 0 Å². The average Bonchev–Trinajstić information content (AvgIpc) is 2.28. The molecule has 0 aromatic heterocycles. The van der Waals surface area contributed by atoms with Gasteiger partial charge in [0, 0.05) is 12.3 Å². The van der Waals surface area contributed by atoms with Crippen LogP contribution in [0.15, 0.2) is 0 Å². The predicted octanol–water partition coefficient (Wildman–Crippen LogP) is 4.60. The van der Waals surface area contributed by atoms with E-state index >= 15 is 0 Å². The van der Waals surface area contributed by atoms with E-state index in [9.17, 15) is 4.79 Å². The quantitative estimate of drug-likeness (QED) is 0.644. The Morgan fingerprint density at radius 2 is 2.12 bits per heavy atom. The number of carbonyl (C=O) groups excluding carboxylic acids is 1. The number of hydrogen-bond donors (Lipinski definition) is 0. The first-order chi connectivity index (χ1) is 7.67. The minimum absolute atomic E-state index is 0.394. The molecule has 16 heavy (non-hydrogen) atoms. The summed E-state index contributed by atoms with van der Waals surface area (Å²) >= 11 is 0. The van der Waals surface area contributed by atoms with Crippen molar-refractivity contribution in [1.82, 2.24) is 0 Å². The Labute approximate surface area is 101 Å². The Hall–Kier alpha value is -0.330. The lowest BCUT2D eigenvalue weighted by atomic mass is 9.76. The summed E-state index contributed by atoms with van der Waals surface area (Å²) < 4.78 is 0. The van der Waals surface area contributed by atoms with E-state index in [1.807, 2.05) is 0 Å². The number of unbranched alkanes of at least 4 members (excludes halogenated alkanes) is 1. The van der Waals surface area contributed by atoms with Gasteiger partial charge in [0.25, 0.3) is 0 Å². The first-order valence-electron chi connectivity index (χ1n) is 7.20. The molecule has 1 saturated carbocycles. The molecule has 1 rings (SSSR count). The van der Waals surface area contributed by atoms with Crippen molar-refractivity contribution >= 4 is 5.78 Å². The zero-order valence-electron chi connectivity index (χ0n) is 11.3. The second-order valence-electron chi connectivity index (χ2n) is 5.69. The van der Waals surface area contributed by atoms with E-state index in [1.165, 1.54) is 32.1 Å². The SMILES string of the molecule is CCCCC(CC)CC1CC(C)CCC1=O. The number of carbonyl (C=O) groups is 1. The lowest BCUT2D eigenvalue weighted by molar-refractivity contribution is -0.126. The van der Waals surface area contributed by atoms with Crippen LogP contribution in [0.1, 0.15) is 72.1 Å². The van der Waals surface area contributed by atoms with Crippen molar-refractivity contribution in [3.05, 3.63) is 0 Å². The molecule has 1 aliphatic carbocycles. The van der Waals surface area contributed by atoms with Crippen LogP contribution in [0.25, 0.3) is 0 Å². The predicted molar refractivity (Wildman–Crippen MR) is 69.4 cm³/mol. The maximum atomic E-state index is 11.9. The summed E-state index contributed by atoms with van der Waals surface area (Å²) in [6.07, 6.45) is 9.47. The second-order valence-corrected chi connectivity index (χ2v) is 5.69. The molecule has 1 aliphatic rings. The average molecular weight is 224 g/mol. The van der Waals surface area contributed by atoms with Crippen molar-refractivity contribution in [1.29, 1.82) is 0 Å². The van der Waals surface area contributed by atoms with E-state index < -0.39 is 0 Å². The van der Waals surface area contributed by atoms with Crippen LogP contribution in [0.3, 0.4) is 0 Å². The molecule has 3 unspecified atom stereocenters. The van der Waals surface area contributed by atoms with Gasteiger partial charge >= 0.3 is 0 Å². The van der Waals surface area contributed by atoms with Gasteiger partial charge in [0.05, 0.1) is 0 Å². The highest BCUT2D eigenvalue weighted by atomic mass is 16.1. The summed E-state index contributed by atoms with van der Waals surface area (Å²) in [4.78, 5) is 11.9. The standard InChI is InChI=1S/C15H28O/c1-4-6-7-13(5-2)11-14-10-12(3)8-9-15(14)16/h12-14H,4-11H2,1-3H3. The molecule has 0 amide bonds. The summed E-state index contributed by atoms with van der Waals surface area (Å²) in [5.41, 5.74) is 0. The fraction of sp³-hybridized carbons (Fsp3) is 0.933. The molecule has 94 valence electrons. The van der Waals surface area contributed by atoms with Crippen molar-refractivity contribution in [3.63, 3.8) is 0 Å². The van der Waals surface area contributed by atoms with Crippen molar-refractivity contribution in [2.45, 2.75) is 72.1 Å². The molecule has 0 aromatic rings. The summed E-state index contributed by atoms with van der Waals surface area (Å²) in [5, 5.41) is 0. The summed E-state index contributed by atoms with van der Waals surface area (Å²) in [6.45, 7) is 6.82. The van der Waals surface area contributed by atoms with Gasteiger partial charge in [0.15, 0.2) is 0 Å². The van der Waals surface area contributed by atoms with Crippen LogP contribution in [0.5, 0.6) is 0 Å². The van der Waals surface area contributed by atoms with Gasteiger partial charge in [-0.3, -0.25) is 4.79 Å². The number of rotatable bonds is 6. The smallest absolute Gasteiger partial charge is 0.136 e. The van der Waals surface area contributed by atoms with Gasteiger partial charge < -0.3 is 0 Å². The third-order valence-electron chi connectivity index (χ3n) is 4.19. The normalized spacial score (nSPS) is 28.1. The second kappa shape index (κ2) is 7.09. The van der Waals surface area contributed by atoms with Crippen LogP contribution in [-0.2, 0) is 4.79 Å². The maximum Gasteiger partial charge on any atom is 0.136 e.